The molecule has 1 N–H and O–H groups in total. The highest BCUT2D eigenvalue weighted by Crippen LogP contribution is 2.24. The van der Waals surface area contributed by atoms with E-state index >= 15 is 0 Å². The second-order valence-corrected chi connectivity index (χ2v) is 10.5. The first kappa shape index (κ1) is 24.9. The summed E-state index contributed by atoms with van der Waals surface area (Å²) in [6.07, 6.45) is 2.16. The van der Waals surface area contributed by atoms with Gasteiger partial charge >= 0.3 is 5.69 Å². The van der Waals surface area contributed by atoms with Gasteiger partial charge in [-0.3, -0.25) is 23.6 Å². The molecule has 10 heteroatoms. The smallest absolute Gasteiger partial charge is 0.293 e. The molecule has 0 amide bonds. The normalized spacial score (nSPS) is 11.5. The second kappa shape index (κ2) is 9.95. The molecule has 0 radical (unpaired) electrons. The Hall–Kier alpha value is -4.75. The van der Waals surface area contributed by atoms with Gasteiger partial charge in [-0.15, -0.1) is 0 Å². The molecule has 2 aromatic heterocycles. The number of rotatable bonds is 7. The van der Waals surface area contributed by atoms with Crippen LogP contribution in [0.4, 0.5) is 5.69 Å². The van der Waals surface area contributed by atoms with E-state index in [9.17, 15) is 18.0 Å². The average molecular weight is 526 g/mol. The van der Waals surface area contributed by atoms with Crippen molar-refractivity contribution in [1.82, 2.24) is 14.1 Å². The molecule has 9 nitrogen and oxygen atoms in total. The van der Waals surface area contributed by atoms with Crippen LogP contribution in [0.2, 0.25) is 0 Å². The molecule has 0 aliphatic carbocycles. The Labute approximate surface area is 218 Å². The van der Waals surface area contributed by atoms with E-state index in [1.54, 1.807) is 48.5 Å². The Kier molecular flexibility index (Phi) is 6.53. The number of sulfonamides is 1. The molecule has 0 saturated carbocycles. The predicted octanol–water partition coefficient (Wildman–Crippen LogP) is 3.84. The predicted molar refractivity (Wildman–Crippen MR) is 146 cm³/mol. The van der Waals surface area contributed by atoms with Crippen molar-refractivity contribution in [1.29, 1.82) is 5.26 Å². The van der Waals surface area contributed by atoms with Crippen molar-refractivity contribution in [2.45, 2.75) is 31.3 Å². The molecular weight excluding hydrogens is 502 g/mol. The molecule has 0 spiro atoms. The monoisotopic (exact) mass is 525 g/mol. The first-order valence-electron chi connectivity index (χ1n) is 12.0. The number of fused-ring (bicyclic) bond motifs is 2. The van der Waals surface area contributed by atoms with Crippen LogP contribution in [0.3, 0.4) is 0 Å². The van der Waals surface area contributed by atoms with Gasteiger partial charge in [-0.1, -0.05) is 37.3 Å². The van der Waals surface area contributed by atoms with Crippen molar-refractivity contribution >= 4 is 37.5 Å². The van der Waals surface area contributed by atoms with Gasteiger partial charge in [0.2, 0.25) is 0 Å². The fraction of sp³-hybridized carbons (Fsp3) is 0.143. The van der Waals surface area contributed by atoms with Crippen LogP contribution in [0.5, 0.6) is 0 Å². The van der Waals surface area contributed by atoms with Crippen LogP contribution in [0.1, 0.15) is 24.5 Å². The lowest BCUT2D eigenvalue weighted by molar-refractivity contribution is 0.593. The molecular formula is C28H23N5O4S. The minimum Gasteiger partial charge on any atom is -0.293 e. The first-order chi connectivity index (χ1) is 18.3. The van der Waals surface area contributed by atoms with E-state index in [0.29, 0.717) is 45.9 Å². The fourth-order valence-corrected chi connectivity index (χ4v) is 5.66. The highest BCUT2D eigenvalue weighted by atomic mass is 32.2. The third kappa shape index (κ3) is 4.55. The van der Waals surface area contributed by atoms with E-state index in [-0.39, 0.29) is 17.1 Å². The van der Waals surface area contributed by atoms with E-state index in [4.69, 9.17) is 5.26 Å². The number of hydrogen-bond donors (Lipinski definition) is 1. The number of nitrogens with zero attached hydrogens (tertiary/aromatic N) is 4. The van der Waals surface area contributed by atoms with Crippen LogP contribution in [0.25, 0.3) is 21.8 Å². The molecule has 0 saturated heterocycles. The summed E-state index contributed by atoms with van der Waals surface area (Å²) in [5, 5.41) is 10.0. The number of anilines is 1. The van der Waals surface area contributed by atoms with Crippen LogP contribution in [0.15, 0.2) is 93.5 Å². The number of nitrogens with one attached hydrogen (secondary N) is 1. The van der Waals surface area contributed by atoms with Gasteiger partial charge in [0.05, 0.1) is 40.3 Å². The second-order valence-electron chi connectivity index (χ2n) is 8.80. The third-order valence-electron chi connectivity index (χ3n) is 6.23. The van der Waals surface area contributed by atoms with Crippen molar-refractivity contribution in [3.05, 3.63) is 111 Å². The van der Waals surface area contributed by atoms with Crippen LogP contribution in [-0.2, 0) is 23.1 Å². The maximum atomic E-state index is 13.4. The van der Waals surface area contributed by atoms with Gasteiger partial charge in [-0.2, -0.15) is 5.26 Å². The molecule has 5 rings (SSSR count). The summed E-state index contributed by atoms with van der Waals surface area (Å²) in [4.78, 5) is 31.0. The number of pyridine rings is 1. The van der Waals surface area contributed by atoms with Crippen LogP contribution < -0.4 is 16.0 Å². The SMILES string of the molecule is CCCn1c(=O)n(Cc2ccc(C#N)cc2)c(=O)c2ccc(NS(=O)(=O)c3cccc4cccnc34)cc21. The largest absolute Gasteiger partial charge is 0.331 e. The van der Waals surface area contributed by atoms with Gasteiger partial charge in [0.25, 0.3) is 15.6 Å². The standard InChI is InChI=1S/C28H23N5O4S/c1-2-15-32-24-16-22(31-38(36,37)25-7-3-5-21-6-4-14-30-26(21)25)12-13-23(24)27(34)33(28(32)35)18-20-10-8-19(17-29)9-11-20/h3-14,16,31H,2,15,18H2,1H3. The Morgan fingerprint density at radius 3 is 2.47 bits per heavy atom. The van der Waals surface area contributed by atoms with E-state index in [0.717, 1.165) is 4.57 Å². The van der Waals surface area contributed by atoms with Crippen molar-refractivity contribution in [2.75, 3.05) is 4.72 Å². The number of hydrogen-bond acceptors (Lipinski definition) is 6. The minimum absolute atomic E-state index is 0.0273. The number of aryl methyl sites for hydroxylation is 1. The molecule has 3 aromatic carbocycles. The highest BCUT2D eigenvalue weighted by Gasteiger charge is 2.20. The highest BCUT2D eigenvalue weighted by molar-refractivity contribution is 7.93. The lowest BCUT2D eigenvalue weighted by Crippen LogP contribution is -2.40. The van der Waals surface area contributed by atoms with Crippen LogP contribution in [-0.4, -0.2) is 22.5 Å². The number of nitriles is 1. The van der Waals surface area contributed by atoms with E-state index < -0.39 is 21.3 Å². The minimum atomic E-state index is -4.01. The summed E-state index contributed by atoms with van der Waals surface area (Å²) in [6.45, 7) is 2.30. The molecule has 190 valence electrons. The summed E-state index contributed by atoms with van der Waals surface area (Å²) in [5.41, 5.74) is 1.13. The quantitative estimate of drug-likeness (QED) is 0.344. The summed E-state index contributed by atoms with van der Waals surface area (Å²) in [6, 6.07) is 21.7. The lowest BCUT2D eigenvalue weighted by Gasteiger charge is -2.15. The topological polar surface area (TPSA) is 127 Å². The van der Waals surface area contributed by atoms with Crippen molar-refractivity contribution < 1.29 is 8.42 Å². The van der Waals surface area contributed by atoms with Crippen molar-refractivity contribution in [3.8, 4) is 6.07 Å². The Morgan fingerprint density at radius 1 is 0.974 bits per heavy atom. The molecule has 0 aliphatic heterocycles. The Bertz CT molecular complexity index is 1950. The number of benzene rings is 3. The summed E-state index contributed by atoms with van der Waals surface area (Å²) in [7, 11) is -4.01. The number of para-hydroxylation sites is 1. The summed E-state index contributed by atoms with van der Waals surface area (Å²) < 4.78 is 31.8. The van der Waals surface area contributed by atoms with Gasteiger partial charge in [0.15, 0.2) is 0 Å². The van der Waals surface area contributed by atoms with E-state index in [2.05, 4.69) is 9.71 Å². The molecule has 0 fully saturated rings. The van der Waals surface area contributed by atoms with Gasteiger partial charge in [0, 0.05) is 18.1 Å². The maximum absolute atomic E-state index is 13.4. The third-order valence-corrected chi connectivity index (χ3v) is 7.65. The molecule has 0 aliphatic rings. The average Bonchev–Trinajstić information content (AvgIpc) is 2.93. The molecule has 0 bridgehead atoms. The molecule has 38 heavy (non-hydrogen) atoms. The number of aromatic nitrogens is 3. The molecule has 2 heterocycles. The zero-order valence-corrected chi connectivity index (χ0v) is 21.3. The van der Waals surface area contributed by atoms with E-state index in [1.165, 1.54) is 35.0 Å². The van der Waals surface area contributed by atoms with Gasteiger partial charge in [-0.05, 0) is 54.4 Å². The van der Waals surface area contributed by atoms with Gasteiger partial charge in [0.1, 0.15) is 4.90 Å². The molecule has 5 aromatic rings. The Morgan fingerprint density at radius 2 is 1.74 bits per heavy atom. The van der Waals surface area contributed by atoms with Gasteiger partial charge in [-0.25, -0.2) is 13.2 Å². The van der Waals surface area contributed by atoms with Crippen molar-refractivity contribution in [3.63, 3.8) is 0 Å². The Balaban J connectivity index is 1.59. The van der Waals surface area contributed by atoms with Crippen LogP contribution >= 0.6 is 0 Å². The van der Waals surface area contributed by atoms with Crippen molar-refractivity contribution in [2.24, 2.45) is 0 Å². The summed E-state index contributed by atoms with van der Waals surface area (Å²) in [5.74, 6) is 0. The molecule has 0 unspecified atom stereocenters. The zero-order chi connectivity index (χ0) is 26.9. The lowest BCUT2D eigenvalue weighted by atomic mass is 10.1. The molecule has 0 atom stereocenters. The van der Waals surface area contributed by atoms with Crippen LogP contribution in [0, 0.1) is 11.3 Å². The maximum Gasteiger partial charge on any atom is 0.331 e. The zero-order valence-electron chi connectivity index (χ0n) is 20.5. The van der Waals surface area contributed by atoms with E-state index in [1.807, 2.05) is 13.0 Å². The fourth-order valence-electron chi connectivity index (χ4n) is 4.43. The first-order valence-corrected chi connectivity index (χ1v) is 13.4. The van der Waals surface area contributed by atoms with Gasteiger partial charge < -0.3 is 0 Å². The summed E-state index contributed by atoms with van der Waals surface area (Å²) >= 11 is 0.